The highest BCUT2D eigenvalue weighted by molar-refractivity contribution is 6.07. The van der Waals surface area contributed by atoms with Crippen molar-refractivity contribution in [3.8, 4) is 0 Å². The number of hydrogen-bond acceptors (Lipinski definition) is 1. The van der Waals surface area contributed by atoms with Crippen LogP contribution in [-0.4, -0.2) is 17.0 Å². The highest BCUT2D eigenvalue weighted by Crippen LogP contribution is 2.28. The molecule has 0 N–H and O–H groups in total. The Balaban J connectivity index is 1.95. The minimum atomic E-state index is 0.0931. The van der Waals surface area contributed by atoms with Crippen LogP contribution in [0.1, 0.15) is 15.9 Å². The average molecular weight is 226 g/mol. The molecule has 86 valence electrons. The minimum absolute atomic E-state index is 0.0931. The van der Waals surface area contributed by atoms with Crippen molar-refractivity contribution in [2.45, 2.75) is 6.42 Å². The van der Waals surface area contributed by atoms with Crippen LogP contribution in [0.2, 0.25) is 0 Å². The van der Waals surface area contributed by atoms with E-state index in [-0.39, 0.29) is 5.91 Å². The second kappa shape index (κ2) is 3.77. The van der Waals surface area contributed by atoms with E-state index in [4.69, 9.17) is 0 Å². The molecule has 1 aliphatic rings. The smallest absolute Gasteiger partial charge is 0.259 e. The van der Waals surface area contributed by atoms with Gasteiger partial charge in [-0.1, -0.05) is 18.2 Å². The molecule has 0 unspecified atom stereocenters. The Morgan fingerprint density at radius 1 is 1.24 bits per heavy atom. The molecule has 1 aliphatic heterocycles. The van der Waals surface area contributed by atoms with E-state index in [1.165, 1.54) is 5.56 Å². The number of rotatable bonds is 1. The first-order valence-corrected chi connectivity index (χ1v) is 5.77. The molecule has 0 bridgehead atoms. The molecule has 3 rings (SSSR count). The number of carbonyl (C=O) groups excluding carboxylic acids is 1. The maximum Gasteiger partial charge on any atom is 0.259 e. The van der Waals surface area contributed by atoms with E-state index in [2.05, 4.69) is 6.07 Å². The van der Waals surface area contributed by atoms with E-state index in [0.717, 1.165) is 24.2 Å². The first-order chi connectivity index (χ1) is 8.25. The normalized spacial score (nSPS) is 13.8. The fourth-order valence-corrected chi connectivity index (χ4v) is 2.33. The van der Waals surface area contributed by atoms with Crippen molar-refractivity contribution in [3.05, 3.63) is 53.9 Å². The zero-order valence-electron chi connectivity index (χ0n) is 9.76. The lowest BCUT2D eigenvalue weighted by Crippen LogP contribution is -2.28. The first kappa shape index (κ1) is 10.1. The number of benzene rings is 1. The number of aryl methyl sites for hydroxylation is 1. The van der Waals surface area contributed by atoms with Crippen LogP contribution in [-0.2, 0) is 13.5 Å². The van der Waals surface area contributed by atoms with Crippen LogP contribution in [0.4, 0.5) is 5.69 Å². The Morgan fingerprint density at radius 2 is 2.06 bits per heavy atom. The van der Waals surface area contributed by atoms with Crippen LogP contribution in [0, 0.1) is 0 Å². The number of para-hydroxylation sites is 1. The van der Waals surface area contributed by atoms with Gasteiger partial charge < -0.3 is 9.47 Å². The van der Waals surface area contributed by atoms with Crippen LogP contribution >= 0.6 is 0 Å². The van der Waals surface area contributed by atoms with Crippen LogP contribution in [0.5, 0.6) is 0 Å². The van der Waals surface area contributed by atoms with Crippen molar-refractivity contribution in [1.82, 2.24) is 4.57 Å². The minimum Gasteiger partial charge on any atom is -0.356 e. The van der Waals surface area contributed by atoms with E-state index in [1.807, 2.05) is 53.2 Å². The van der Waals surface area contributed by atoms with E-state index in [1.54, 1.807) is 0 Å². The SMILES string of the molecule is Cn1ccc(C(=O)N2CCc3ccccc32)c1. The molecule has 1 aromatic heterocycles. The highest BCUT2D eigenvalue weighted by atomic mass is 16.2. The Morgan fingerprint density at radius 3 is 2.82 bits per heavy atom. The second-order valence-corrected chi connectivity index (χ2v) is 4.40. The molecule has 1 aromatic carbocycles. The number of fused-ring (bicyclic) bond motifs is 1. The van der Waals surface area contributed by atoms with Gasteiger partial charge in [-0.3, -0.25) is 4.79 Å². The number of aromatic nitrogens is 1. The third-order valence-electron chi connectivity index (χ3n) is 3.21. The Bertz CT molecular complexity index is 571. The quantitative estimate of drug-likeness (QED) is 0.732. The molecule has 3 nitrogen and oxygen atoms in total. The monoisotopic (exact) mass is 226 g/mol. The van der Waals surface area contributed by atoms with E-state index in [9.17, 15) is 4.79 Å². The summed E-state index contributed by atoms with van der Waals surface area (Å²) < 4.78 is 1.90. The summed E-state index contributed by atoms with van der Waals surface area (Å²) in [6.07, 6.45) is 4.72. The summed E-state index contributed by atoms with van der Waals surface area (Å²) in [6.45, 7) is 0.785. The molecule has 0 radical (unpaired) electrons. The van der Waals surface area contributed by atoms with Gasteiger partial charge in [-0.2, -0.15) is 0 Å². The number of amides is 1. The van der Waals surface area contributed by atoms with Crippen molar-refractivity contribution < 1.29 is 4.79 Å². The topological polar surface area (TPSA) is 25.2 Å². The van der Waals surface area contributed by atoms with Gasteiger partial charge in [0, 0.05) is 31.7 Å². The molecule has 0 fully saturated rings. The van der Waals surface area contributed by atoms with Crippen LogP contribution in [0.15, 0.2) is 42.7 Å². The summed E-state index contributed by atoms with van der Waals surface area (Å²) in [5, 5.41) is 0. The number of anilines is 1. The molecule has 3 heteroatoms. The van der Waals surface area contributed by atoms with Crippen molar-refractivity contribution in [2.24, 2.45) is 7.05 Å². The number of hydrogen-bond donors (Lipinski definition) is 0. The lowest BCUT2D eigenvalue weighted by Gasteiger charge is -2.16. The van der Waals surface area contributed by atoms with Gasteiger partial charge in [0.2, 0.25) is 0 Å². The zero-order chi connectivity index (χ0) is 11.8. The zero-order valence-corrected chi connectivity index (χ0v) is 9.76. The second-order valence-electron chi connectivity index (χ2n) is 4.40. The third kappa shape index (κ3) is 1.64. The molecule has 2 aromatic rings. The fraction of sp³-hybridized carbons (Fsp3) is 0.214. The molecule has 0 spiro atoms. The van der Waals surface area contributed by atoms with Gasteiger partial charge in [-0.25, -0.2) is 0 Å². The van der Waals surface area contributed by atoms with E-state index < -0.39 is 0 Å². The van der Waals surface area contributed by atoms with Gasteiger partial charge in [0.15, 0.2) is 0 Å². The first-order valence-electron chi connectivity index (χ1n) is 5.77. The Kier molecular flexibility index (Phi) is 2.25. The van der Waals surface area contributed by atoms with Gasteiger partial charge in [0.25, 0.3) is 5.91 Å². The summed E-state index contributed by atoms with van der Waals surface area (Å²) in [6, 6.07) is 9.98. The number of nitrogens with zero attached hydrogens (tertiary/aromatic N) is 2. The molecule has 0 saturated carbocycles. The van der Waals surface area contributed by atoms with Gasteiger partial charge >= 0.3 is 0 Å². The van der Waals surface area contributed by atoms with Crippen molar-refractivity contribution in [1.29, 1.82) is 0 Å². The molecule has 0 saturated heterocycles. The molecular formula is C14H14N2O. The largest absolute Gasteiger partial charge is 0.356 e. The van der Waals surface area contributed by atoms with Crippen molar-refractivity contribution in [2.75, 3.05) is 11.4 Å². The van der Waals surface area contributed by atoms with Gasteiger partial charge in [0.05, 0.1) is 5.56 Å². The number of carbonyl (C=O) groups is 1. The predicted molar refractivity (Wildman–Crippen MR) is 67.2 cm³/mol. The lowest BCUT2D eigenvalue weighted by molar-refractivity contribution is 0.0989. The van der Waals surface area contributed by atoms with Crippen LogP contribution in [0.25, 0.3) is 0 Å². The van der Waals surface area contributed by atoms with E-state index in [0.29, 0.717) is 0 Å². The molecule has 0 aliphatic carbocycles. The summed E-state index contributed by atoms with van der Waals surface area (Å²) in [5.74, 6) is 0.0931. The highest BCUT2D eigenvalue weighted by Gasteiger charge is 2.25. The average Bonchev–Trinajstić information content (AvgIpc) is 2.94. The predicted octanol–water partition coefficient (Wildman–Crippen LogP) is 2.23. The summed E-state index contributed by atoms with van der Waals surface area (Å²) in [7, 11) is 1.93. The maximum atomic E-state index is 12.3. The van der Waals surface area contributed by atoms with Gasteiger partial charge in [0.1, 0.15) is 0 Å². The third-order valence-corrected chi connectivity index (χ3v) is 3.21. The fourth-order valence-electron chi connectivity index (χ4n) is 2.33. The summed E-state index contributed by atoms with van der Waals surface area (Å²) >= 11 is 0. The Hall–Kier alpha value is -2.03. The molecule has 2 heterocycles. The van der Waals surface area contributed by atoms with Gasteiger partial charge in [-0.15, -0.1) is 0 Å². The van der Waals surface area contributed by atoms with Crippen LogP contribution < -0.4 is 4.90 Å². The Labute approximate surface area is 100 Å². The van der Waals surface area contributed by atoms with Gasteiger partial charge in [-0.05, 0) is 24.1 Å². The molecule has 17 heavy (non-hydrogen) atoms. The summed E-state index contributed by atoms with van der Waals surface area (Å²) in [5.41, 5.74) is 3.07. The standard InChI is InChI=1S/C14H14N2O/c1-15-8-6-12(10-15)14(17)16-9-7-11-4-2-3-5-13(11)16/h2-6,8,10H,7,9H2,1H3. The molecule has 1 amide bonds. The lowest BCUT2D eigenvalue weighted by atomic mass is 10.2. The van der Waals surface area contributed by atoms with Crippen molar-refractivity contribution >= 4 is 11.6 Å². The molecular weight excluding hydrogens is 212 g/mol. The van der Waals surface area contributed by atoms with E-state index >= 15 is 0 Å². The summed E-state index contributed by atoms with van der Waals surface area (Å²) in [4.78, 5) is 14.2. The molecule has 0 atom stereocenters. The van der Waals surface area contributed by atoms with Crippen molar-refractivity contribution in [3.63, 3.8) is 0 Å². The van der Waals surface area contributed by atoms with Crippen LogP contribution in [0.3, 0.4) is 0 Å². The maximum absolute atomic E-state index is 12.3.